The Morgan fingerprint density at radius 3 is 2.86 bits per heavy atom. The van der Waals surface area contributed by atoms with Gasteiger partial charge in [-0.3, -0.25) is 4.79 Å². The van der Waals surface area contributed by atoms with E-state index in [4.69, 9.17) is 16.3 Å². The molecule has 1 fully saturated rings. The van der Waals surface area contributed by atoms with Gasteiger partial charge in [0.15, 0.2) is 4.47 Å². The summed E-state index contributed by atoms with van der Waals surface area (Å²) in [6.45, 7) is 7.28. The molecule has 8 heteroatoms. The standard InChI is InChI=1S/C14H20ClN3O3S/c1-14(2,3)21-13(20)18-5-4-9(7-18)6-16-11(19)10-8-22-12(15)17-10/h8-9H,4-7H2,1-3H3,(H,16,19). The van der Waals surface area contributed by atoms with Crippen molar-refractivity contribution in [3.63, 3.8) is 0 Å². The molecule has 122 valence electrons. The number of amides is 2. The van der Waals surface area contributed by atoms with Crippen molar-refractivity contribution in [1.29, 1.82) is 0 Å². The number of nitrogens with one attached hydrogen (secondary N) is 1. The lowest BCUT2D eigenvalue weighted by Crippen LogP contribution is -2.36. The molecule has 22 heavy (non-hydrogen) atoms. The molecular weight excluding hydrogens is 326 g/mol. The number of nitrogens with zero attached hydrogens (tertiary/aromatic N) is 2. The maximum atomic E-state index is 12.0. The van der Waals surface area contributed by atoms with E-state index in [1.807, 2.05) is 20.8 Å². The summed E-state index contributed by atoms with van der Waals surface area (Å²) in [4.78, 5) is 29.5. The van der Waals surface area contributed by atoms with Crippen LogP contribution in [0.3, 0.4) is 0 Å². The van der Waals surface area contributed by atoms with Crippen LogP contribution in [-0.4, -0.2) is 47.1 Å². The molecule has 0 radical (unpaired) electrons. The van der Waals surface area contributed by atoms with Gasteiger partial charge >= 0.3 is 6.09 Å². The van der Waals surface area contributed by atoms with Gasteiger partial charge in [0, 0.05) is 25.0 Å². The molecule has 1 atom stereocenters. The van der Waals surface area contributed by atoms with Gasteiger partial charge in [0.25, 0.3) is 5.91 Å². The van der Waals surface area contributed by atoms with E-state index in [0.29, 0.717) is 29.8 Å². The van der Waals surface area contributed by atoms with Gasteiger partial charge in [-0.25, -0.2) is 9.78 Å². The maximum Gasteiger partial charge on any atom is 0.410 e. The Kier molecular flexibility index (Phi) is 5.28. The van der Waals surface area contributed by atoms with Crippen LogP contribution in [-0.2, 0) is 4.74 Å². The van der Waals surface area contributed by atoms with E-state index in [-0.39, 0.29) is 17.9 Å². The van der Waals surface area contributed by atoms with Crippen molar-refractivity contribution in [1.82, 2.24) is 15.2 Å². The molecule has 0 aromatic carbocycles. The Labute approximate surface area is 138 Å². The highest BCUT2D eigenvalue weighted by atomic mass is 35.5. The van der Waals surface area contributed by atoms with Crippen LogP contribution in [0.1, 0.15) is 37.7 Å². The van der Waals surface area contributed by atoms with Crippen LogP contribution in [0.25, 0.3) is 0 Å². The summed E-state index contributed by atoms with van der Waals surface area (Å²) in [5, 5.41) is 4.45. The molecule has 1 aromatic rings. The average Bonchev–Trinajstić information content (AvgIpc) is 3.02. The minimum atomic E-state index is -0.493. The van der Waals surface area contributed by atoms with E-state index >= 15 is 0 Å². The summed E-state index contributed by atoms with van der Waals surface area (Å²) >= 11 is 6.93. The van der Waals surface area contributed by atoms with E-state index in [0.717, 1.165) is 6.42 Å². The van der Waals surface area contributed by atoms with Crippen LogP contribution >= 0.6 is 22.9 Å². The van der Waals surface area contributed by atoms with Crippen LogP contribution < -0.4 is 5.32 Å². The number of aromatic nitrogens is 1. The van der Waals surface area contributed by atoms with Crippen molar-refractivity contribution in [3.8, 4) is 0 Å². The molecule has 0 aliphatic carbocycles. The number of carbonyl (C=O) groups is 2. The lowest BCUT2D eigenvalue weighted by atomic mass is 10.1. The fourth-order valence-corrected chi connectivity index (χ4v) is 2.92. The van der Waals surface area contributed by atoms with Crippen LogP contribution in [0.15, 0.2) is 5.38 Å². The molecule has 6 nitrogen and oxygen atoms in total. The average molecular weight is 346 g/mol. The van der Waals surface area contributed by atoms with Gasteiger partial charge < -0.3 is 15.0 Å². The third kappa shape index (κ3) is 4.84. The van der Waals surface area contributed by atoms with Gasteiger partial charge in [-0.05, 0) is 33.1 Å². The number of hydrogen-bond donors (Lipinski definition) is 1. The topological polar surface area (TPSA) is 71.5 Å². The van der Waals surface area contributed by atoms with Gasteiger partial charge in [-0.15, -0.1) is 11.3 Å². The summed E-state index contributed by atoms with van der Waals surface area (Å²) in [5.41, 5.74) is -0.162. The SMILES string of the molecule is CC(C)(C)OC(=O)N1CCC(CNC(=O)c2csc(Cl)n2)C1. The Morgan fingerprint density at radius 1 is 1.55 bits per heavy atom. The van der Waals surface area contributed by atoms with Crippen molar-refractivity contribution in [2.45, 2.75) is 32.8 Å². The molecule has 1 saturated heterocycles. The Balaban J connectivity index is 1.77. The van der Waals surface area contributed by atoms with Gasteiger partial charge in [0.1, 0.15) is 11.3 Å². The van der Waals surface area contributed by atoms with Crippen LogP contribution in [0.2, 0.25) is 4.47 Å². The highest BCUT2D eigenvalue weighted by molar-refractivity contribution is 7.14. The number of ether oxygens (including phenoxy) is 1. The van der Waals surface area contributed by atoms with E-state index in [1.165, 1.54) is 11.3 Å². The van der Waals surface area contributed by atoms with Crippen molar-refractivity contribution in [3.05, 3.63) is 15.5 Å². The van der Waals surface area contributed by atoms with Crippen LogP contribution in [0, 0.1) is 5.92 Å². The van der Waals surface area contributed by atoms with Crippen LogP contribution in [0.5, 0.6) is 0 Å². The number of thiazole rings is 1. The first-order valence-electron chi connectivity index (χ1n) is 7.12. The molecule has 0 bridgehead atoms. The van der Waals surface area contributed by atoms with Gasteiger partial charge in [0.05, 0.1) is 0 Å². The third-order valence-electron chi connectivity index (χ3n) is 3.20. The fraction of sp³-hybridized carbons (Fsp3) is 0.643. The molecule has 2 heterocycles. The molecule has 1 aliphatic heterocycles. The first-order valence-corrected chi connectivity index (χ1v) is 8.37. The van der Waals surface area contributed by atoms with Crippen LogP contribution in [0.4, 0.5) is 4.79 Å². The summed E-state index contributed by atoms with van der Waals surface area (Å²) in [7, 11) is 0. The normalized spacial score (nSPS) is 18.4. The lowest BCUT2D eigenvalue weighted by Gasteiger charge is -2.24. The number of carbonyl (C=O) groups excluding carboxylic acids is 2. The van der Waals surface area contributed by atoms with E-state index in [1.54, 1.807) is 10.3 Å². The second-order valence-corrected chi connectivity index (χ2v) is 7.72. The van der Waals surface area contributed by atoms with E-state index in [2.05, 4.69) is 10.3 Å². The van der Waals surface area contributed by atoms with Crippen molar-refractivity contribution >= 4 is 34.9 Å². The zero-order valence-corrected chi connectivity index (χ0v) is 14.5. The highest BCUT2D eigenvalue weighted by Gasteiger charge is 2.30. The molecule has 1 N–H and O–H groups in total. The van der Waals surface area contributed by atoms with Gasteiger partial charge in [-0.1, -0.05) is 11.6 Å². The van der Waals surface area contributed by atoms with E-state index in [9.17, 15) is 9.59 Å². The van der Waals surface area contributed by atoms with Crippen molar-refractivity contribution < 1.29 is 14.3 Å². The highest BCUT2D eigenvalue weighted by Crippen LogP contribution is 2.19. The zero-order chi connectivity index (χ0) is 16.3. The molecule has 2 rings (SSSR count). The van der Waals surface area contributed by atoms with Crippen molar-refractivity contribution in [2.75, 3.05) is 19.6 Å². The minimum absolute atomic E-state index is 0.227. The number of rotatable bonds is 3. The minimum Gasteiger partial charge on any atom is -0.444 e. The first-order chi connectivity index (χ1) is 10.2. The predicted octanol–water partition coefficient (Wildman–Crippen LogP) is 2.78. The van der Waals surface area contributed by atoms with E-state index < -0.39 is 5.60 Å². The monoisotopic (exact) mass is 345 g/mol. The fourth-order valence-electron chi connectivity index (χ4n) is 2.18. The molecule has 2 amide bonds. The third-order valence-corrected chi connectivity index (χ3v) is 4.18. The quantitative estimate of drug-likeness (QED) is 0.914. The number of hydrogen-bond acceptors (Lipinski definition) is 5. The Morgan fingerprint density at radius 2 is 2.27 bits per heavy atom. The molecular formula is C14H20ClN3O3S. The summed E-state index contributed by atoms with van der Waals surface area (Å²) in [6.07, 6.45) is 0.546. The Bertz CT molecular complexity index is 556. The first kappa shape index (κ1) is 17.0. The molecule has 1 unspecified atom stereocenters. The molecule has 0 saturated carbocycles. The molecule has 1 aromatic heterocycles. The van der Waals surface area contributed by atoms with Crippen molar-refractivity contribution in [2.24, 2.45) is 5.92 Å². The lowest BCUT2D eigenvalue weighted by molar-refractivity contribution is 0.0288. The summed E-state index contributed by atoms with van der Waals surface area (Å²) in [5.74, 6) is -0.00977. The largest absolute Gasteiger partial charge is 0.444 e. The number of halogens is 1. The number of likely N-dealkylation sites (tertiary alicyclic amines) is 1. The molecule has 1 aliphatic rings. The Hall–Kier alpha value is -1.34. The van der Waals surface area contributed by atoms with Gasteiger partial charge in [0.2, 0.25) is 0 Å². The summed E-state index contributed by atoms with van der Waals surface area (Å²) < 4.78 is 5.69. The second kappa shape index (κ2) is 6.83. The predicted molar refractivity (Wildman–Crippen MR) is 85.4 cm³/mol. The molecule has 0 spiro atoms. The zero-order valence-electron chi connectivity index (χ0n) is 12.9. The summed E-state index contributed by atoms with van der Waals surface area (Å²) in [6, 6.07) is 0. The van der Waals surface area contributed by atoms with Gasteiger partial charge in [-0.2, -0.15) is 0 Å². The second-order valence-electron chi connectivity index (χ2n) is 6.28. The smallest absolute Gasteiger partial charge is 0.410 e. The maximum absolute atomic E-state index is 12.0.